The van der Waals surface area contributed by atoms with Gasteiger partial charge in [0.25, 0.3) is 5.91 Å². The van der Waals surface area contributed by atoms with Gasteiger partial charge in [-0.3, -0.25) is 4.79 Å². The molecule has 6 nitrogen and oxygen atoms in total. The Bertz CT molecular complexity index is 701. The fraction of sp³-hybridized carbons (Fsp3) is 0.400. The lowest BCUT2D eigenvalue weighted by Gasteiger charge is -2.17. The van der Waals surface area contributed by atoms with Gasteiger partial charge in [0.15, 0.2) is 5.82 Å². The number of aromatic nitrogens is 2. The number of hydrogen-bond donors (Lipinski definition) is 0. The highest BCUT2D eigenvalue weighted by Crippen LogP contribution is 2.29. The van der Waals surface area contributed by atoms with Crippen molar-refractivity contribution < 1.29 is 18.4 Å². The fourth-order valence-corrected chi connectivity index (χ4v) is 2.64. The Kier molecular flexibility index (Phi) is 3.79. The van der Waals surface area contributed by atoms with Crippen LogP contribution in [0.25, 0.3) is 0 Å². The summed E-state index contributed by atoms with van der Waals surface area (Å²) >= 11 is 0. The summed E-state index contributed by atoms with van der Waals surface area (Å²) in [5.74, 6) is 0.779. The molecular formula is C15H16FN3O3. The predicted octanol–water partition coefficient (Wildman–Crippen LogP) is 2.16. The zero-order valence-corrected chi connectivity index (χ0v) is 12.4. The van der Waals surface area contributed by atoms with E-state index in [-0.39, 0.29) is 17.4 Å². The van der Waals surface area contributed by atoms with E-state index in [1.807, 2.05) is 0 Å². The second-order valence-corrected chi connectivity index (χ2v) is 5.26. The third-order valence-corrected chi connectivity index (χ3v) is 3.76. The second-order valence-electron chi connectivity index (χ2n) is 5.26. The largest absolute Gasteiger partial charge is 0.496 e. The maximum absolute atomic E-state index is 13.4. The summed E-state index contributed by atoms with van der Waals surface area (Å²) in [6, 6.07) is 3.92. The number of ether oxygens (including phenoxy) is 1. The SMILES string of the molecule is COc1ccc(F)cc1C(=O)N1CC[C@H](c2nc(C)no2)C1. The van der Waals surface area contributed by atoms with Crippen molar-refractivity contribution in [3.63, 3.8) is 0 Å². The van der Waals surface area contributed by atoms with Gasteiger partial charge in [0.2, 0.25) is 5.89 Å². The van der Waals surface area contributed by atoms with E-state index in [2.05, 4.69) is 10.1 Å². The summed E-state index contributed by atoms with van der Waals surface area (Å²) in [5.41, 5.74) is 0.227. The molecule has 0 saturated carbocycles. The second kappa shape index (κ2) is 5.75. The average molecular weight is 305 g/mol. The lowest BCUT2D eigenvalue weighted by Crippen LogP contribution is -2.29. The normalized spacial score (nSPS) is 17.8. The Morgan fingerprint density at radius 3 is 3.00 bits per heavy atom. The first kappa shape index (κ1) is 14.5. The summed E-state index contributed by atoms with van der Waals surface area (Å²) in [4.78, 5) is 18.4. The van der Waals surface area contributed by atoms with Gasteiger partial charge in [0.05, 0.1) is 18.6 Å². The van der Waals surface area contributed by atoms with Crippen molar-refractivity contribution in [3.05, 3.63) is 41.3 Å². The first-order valence-electron chi connectivity index (χ1n) is 7.01. The molecule has 116 valence electrons. The number of benzene rings is 1. The quantitative estimate of drug-likeness (QED) is 0.869. The van der Waals surface area contributed by atoms with E-state index >= 15 is 0 Å². The number of likely N-dealkylation sites (tertiary alicyclic amines) is 1. The average Bonchev–Trinajstić information content (AvgIpc) is 3.15. The van der Waals surface area contributed by atoms with Gasteiger partial charge in [-0.2, -0.15) is 4.98 Å². The van der Waals surface area contributed by atoms with Gasteiger partial charge in [-0.1, -0.05) is 5.16 Å². The number of rotatable bonds is 3. The Hall–Kier alpha value is -2.44. The Balaban J connectivity index is 1.78. The van der Waals surface area contributed by atoms with Crippen LogP contribution in [0.3, 0.4) is 0 Å². The van der Waals surface area contributed by atoms with Crippen molar-refractivity contribution in [1.29, 1.82) is 0 Å². The van der Waals surface area contributed by atoms with Crippen LogP contribution >= 0.6 is 0 Å². The van der Waals surface area contributed by atoms with Crippen molar-refractivity contribution >= 4 is 5.91 Å². The Morgan fingerprint density at radius 1 is 1.50 bits per heavy atom. The summed E-state index contributed by atoms with van der Waals surface area (Å²) in [5, 5.41) is 3.77. The van der Waals surface area contributed by atoms with Crippen LogP contribution in [0.15, 0.2) is 22.7 Å². The summed E-state index contributed by atoms with van der Waals surface area (Å²) in [7, 11) is 1.46. The molecule has 1 aliphatic rings. The molecule has 0 bridgehead atoms. The van der Waals surface area contributed by atoms with Gasteiger partial charge in [0.1, 0.15) is 11.6 Å². The molecule has 1 aliphatic heterocycles. The number of hydrogen-bond acceptors (Lipinski definition) is 5. The third kappa shape index (κ3) is 2.66. The highest BCUT2D eigenvalue weighted by Gasteiger charge is 2.32. The number of halogens is 1. The molecule has 1 saturated heterocycles. The van der Waals surface area contributed by atoms with Gasteiger partial charge in [-0.05, 0) is 31.5 Å². The van der Waals surface area contributed by atoms with Crippen molar-refractivity contribution in [2.24, 2.45) is 0 Å². The highest BCUT2D eigenvalue weighted by molar-refractivity contribution is 5.97. The number of aryl methyl sites for hydroxylation is 1. The molecule has 0 unspecified atom stereocenters. The molecule has 1 atom stereocenters. The maximum atomic E-state index is 13.4. The predicted molar refractivity (Wildman–Crippen MR) is 75.2 cm³/mol. The number of amides is 1. The van der Waals surface area contributed by atoms with Crippen LogP contribution in [-0.2, 0) is 0 Å². The lowest BCUT2D eigenvalue weighted by atomic mass is 10.1. The molecule has 1 aromatic heterocycles. The van der Waals surface area contributed by atoms with Crippen LogP contribution in [0.5, 0.6) is 5.75 Å². The molecule has 1 fully saturated rings. The van der Waals surface area contributed by atoms with Crippen molar-refractivity contribution in [1.82, 2.24) is 15.0 Å². The summed E-state index contributed by atoms with van der Waals surface area (Å²) in [6.07, 6.45) is 0.741. The Morgan fingerprint density at radius 2 is 2.32 bits per heavy atom. The topological polar surface area (TPSA) is 68.5 Å². The lowest BCUT2D eigenvalue weighted by molar-refractivity contribution is 0.0785. The van der Waals surface area contributed by atoms with Crippen LogP contribution in [0, 0.1) is 12.7 Å². The Labute approximate surface area is 126 Å². The molecule has 0 spiro atoms. The van der Waals surface area contributed by atoms with Gasteiger partial charge in [-0.15, -0.1) is 0 Å². The molecule has 0 N–H and O–H groups in total. The van der Waals surface area contributed by atoms with Crippen molar-refractivity contribution in [2.45, 2.75) is 19.3 Å². The fourth-order valence-electron chi connectivity index (χ4n) is 2.64. The van der Waals surface area contributed by atoms with Crippen molar-refractivity contribution in [3.8, 4) is 5.75 Å². The molecule has 3 rings (SSSR count). The van der Waals surface area contributed by atoms with E-state index in [1.165, 1.54) is 25.3 Å². The van der Waals surface area contributed by atoms with Gasteiger partial charge in [0, 0.05) is 13.1 Å². The smallest absolute Gasteiger partial charge is 0.257 e. The standard InChI is InChI=1S/C15H16FN3O3/c1-9-17-14(22-18-9)10-5-6-19(8-10)15(20)12-7-11(16)3-4-13(12)21-2/h3-4,7,10H,5-6,8H2,1-2H3/t10-/m0/s1. The molecule has 1 amide bonds. The zero-order valence-electron chi connectivity index (χ0n) is 12.4. The minimum atomic E-state index is -0.465. The van der Waals surface area contributed by atoms with Crippen LogP contribution in [0.2, 0.25) is 0 Å². The van der Waals surface area contributed by atoms with Gasteiger partial charge in [-0.25, -0.2) is 4.39 Å². The van der Waals surface area contributed by atoms with Crippen LogP contribution in [-0.4, -0.2) is 41.1 Å². The molecule has 2 heterocycles. The number of methoxy groups -OCH3 is 1. The molecule has 1 aromatic carbocycles. The van der Waals surface area contributed by atoms with Gasteiger partial charge < -0.3 is 14.2 Å². The first-order valence-corrected chi connectivity index (χ1v) is 7.01. The maximum Gasteiger partial charge on any atom is 0.257 e. The highest BCUT2D eigenvalue weighted by atomic mass is 19.1. The molecule has 0 radical (unpaired) electrons. The van der Waals surface area contributed by atoms with E-state index in [4.69, 9.17) is 9.26 Å². The van der Waals surface area contributed by atoms with Crippen LogP contribution in [0.1, 0.15) is 34.4 Å². The molecule has 0 aliphatic carbocycles. The summed E-state index contributed by atoms with van der Waals surface area (Å²) in [6.45, 7) is 2.78. The van der Waals surface area contributed by atoms with Crippen molar-refractivity contribution in [2.75, 3.05) is 20.2 Å². The van der Waals surface area contributed by atoms with E-state index in [9.17, 15) is 9.18 Å². The number of carbonyl (C=O) groups excluding carboxylic acids is 1. The zero-order chi connectivity index (χ0) is 15.7. The minimum absolute atomic E-state index is 0.0182. The van der Waals surface area contributed by atoms with E-state index in [1.54, 1.807) is 11.8 Å². The van der Waals surface area contributed by atoms with Crippen LogP contribution in [0.4, 0.5) is 4.39 Å². The molecular weight excluding hydrogens is 289 g/mol. The molecule has 7 heteroatoms. The minimum Gasteiger partial charge on any atom is -0.496 e. The first-order chi connectivity index (χ1) is 10.6. The third-order valence-electron chi connectivity index (χ3n) is 3.76. The van der Waals surface area contributed by atoms with E-state index in [0.717, 1.165) is 6.42 Å². The van der Waals surface area contributed by atoms with Gasteiger partial charge >= 0.3 is 0 Å². The van der Waals surface area contributed by atoms with Crippen LogP contribution < -0.4 is 4.74 Å². The van der Waals surface area contributed by atoms with E-state index in [0.29, 0.717) is 30.6 Å². The number of carbonyl (C=O) groups is 1. The summed E-state index contributed by atoms with van der Waals surface area (Å²) < 4.78 is 23.7. The monoisotopic (exact) mass is 305 g/mol. The van der Waals surface area contributed by atoms with E-state index < -0.39 is 5.82 Å². The number of nitrogens with zero attached hydrogens (tertiary/aromatic N) is 3. The molecule has 22 heavy (non-hydrogen) atoms. The molecule has 2 aromatic rings.